The highest BCUT2D eigenvalue weighted by Crippen LogP contribution is 2.20. The number of aliphatic hydroxyl groups is 1. The fourth-order valence-corrected chi connectivity index (χ4v) is 4.13. The van der Waals surface area contributed by atoms with Crippen molar-refractivity contribution in [3.63, 3.8) is 0 Å². The van der Waals surface area contributed by atoms with Crippen molar-refractivity contribution in [2.75, 3.05) is 39.4 Å². The van der Waals surface area contributed by atoms with Crippen LogP contribution in [0.3, 0.4) is 0 Å². The van der Waals surface area contributed by atoms with Crippen molar-refractivity contribution in [3.8, 4) is 0 Å². The Kier molecular flexibility index (Phi) is 11.5. The molecule has 25 heavy (non-hydrogen) atoms. The van der Waals surface area contributed by atoms with Gasteiger partial charge in [-0.05, 0) is 51.2 Å². The smallest absolute Gasteiger partial charge is 0.108 e. The van der Waals surface area contributed by atoms with Crippen LogP contribution in [-0.4, -0.2) is 55.6 Å². The maximum atomic E-state index is 8.66. The summed E-state index contributed by atoms with van der Waals surface area (Å²) >= 11 is 0. The van der Waals surface area contributed by atoms with Crippen LogP contribution >= 0.6 is 0 Å². The van der Waals surface area contributed by atoms with Gasteiger partial charge in [-0.3, -0.25) is 5.32 Å². The summed E-state index contributed by atoms with van der Waals surface area (Å²) in [6, 6.07) is 0. The molecule has 0 radical (unpaired) electrons. The number of nitrogens with zero attached hydrogens (tertiary/aromatic N) is 1. The number of likely N-dealkylation sites (tertiary alicyclic amines) is 1. The van der Waals surface area contributed by atoms with Crippen LogP contribution in [0.15, 0.2) is 12.2 Å². The summed E-state index contributed by atoms with van der Waals surface area (Å²) in [5.74, 6) is 0.770. The Morgan fingerprint density at radius 3 is 2.20 bits per heavy atom. The first-order valence-corrected chi connectivity index (χ1v) is 10.7. The number of hydrogen-bond acceptors (Lipinski definition) is 4. The van der Waals surface area contributed by atoms with Crippen molar-refractivity contribution in [1.82, 2.24) is 10.2 Å². The molecule has 1 saturated carbocycles. The van der Waals surface area contributed by atoms with Crippen molar-refractivity contribution < 1.29 is 9.84 Å². The predicted molar refractivity (Wildman–Crippen MR) is 105 cm³/mol. The molecule has 146 valence electrons. The summed E-state index contributed by atoms with van der Waals surface area (Å²) in [4.78, 5) is 2.63. The average Bonchev–Trinajstić information content (AvgIpc) is 2.68. The van der Waals surface area contributed by atoms with Crippen LogP contribution in [0.4, 0.5) is 0 Å². The molecule has 0 aromatic carbocycles. The molecule has 2 aliphatic heterocycles. The fraction of sp³-hybridized carbons (Fsp3) is 0.905. The molecule has 0 aromatic heterocycles. The molecule has 2 atom stereocenters. The van der Waals surface area contributed by atoms with Crippen molar-refractivity contribution in [2.24, 2.45) is 5.92 Å². The second-order valence-corrected chi connectivity index (χ2v) is 7.80. The maximum absolute atomic E-state index is 8.66. The minimum absolute atomic E-state index is 0.0963. The van der Waals surface area contributed by atoms with Gasteiger partial charge in [0.25, 0.3) is 0 Å². The third-order valence-corrected chi connectivity index (χ3v) is 5.60. The van der Waals surface area contributed by atoms with Gasteiger partial charge in [-0.25, -0.2) is 0 Å². The van der Waals surface area contributed by atoms with Crippen molar-refractivity contribution >= 4 is 0 Å². The summed E-state index contributed by atoms with van der Waals surface area (Å²) in [7, 11) is 0. The van der Waals surface area contributed by atoms with E-state index in [0.717, 1.165) is 18.9 Å². The molecule has 0 amide bonds. The van der Waals surface area contributed by atoms with Crippen LogP contribution in [0.1, 0.15) is 70.6 Å². The van der Waals surface area contributed by atoms with Gasteiger partial charge < -0.3 is 14.7 Å². The van der Waals surface area contributed by atoms with Gasteiger partial charge in [0.1, 0.15) is 6.23 Å². The second kappa shape index (κ2) is 13.7. The fourth-order valence-electron chi connectivity index (χ4n) is 4.13. The predicted octanol–water partition coefficient (Wildman–Crippen LogP) is 3.70. The van der Waals surface area contributed by atoms with E-state index >= 15 is 0 Å². The van der Waals surface area contributed by atoms with E-state index in [1.165, 1.54) is 83.8 Å². The Morgan fingerprint density at radius 1 is 0.920 bits per heavy atom. The quantitative estimate of drug-likeness (QED) is 0.716. The molecule has 4 heteroatoms. The zero-order chi connectivity index (χ0) is 17.6. The Hall–Kier alpha value is -0.420. The molecule has 1 aliphatic carbocycles. The van der Waals surface area contributed by atoms with Crippen LogP contribution < -0.4 is 5.32 Å². The Bertz CT molecular complexity index is 327. The molecule has 2 N–H and O–H groups in total. The summed E-state index contributed by atoms with van der Waals surface area (Å²) in [5.41, 5.74) is 0. The monoisotopic (exact) mass is 352 g/mol. The lowest BCUT2D eigenvalue weighted by molar-refractivity contribution is 0.00551. The zero-order valence-electron chi connectivity index (χ0n) is 16.1. The van der Waals surface area contributed by atoms with Gasteiger partial charge in [0.05, 0.1) is 13.2 Å². The summed E-state index contributed by atoms with van der Waals surface area (Å²) in [6.45, 7) is 5.57. The number of hydrogen-bond donors (Lipinski definition) is 2. The Morgan fingerprint density at radius 2 is 1.56 bits per heavy atom. The molecule has 3 rings (SSSR count). The molecule has 3 fully saturated rings. The van der Waals surface area contributed by atoms with Crippen molar-refractivity contribution in [1.29, 1.82) is 0 Å². The first kappa shape index (κ1) is 20.9. The summed E-state index contributed by atoms with van der Waals surface area (Å²) in [5, 5.41) is 12.1. The number of ether oxygens (including phenoxy) is 1. The SMILES string of the molecule is C1CCCCC1.OC/C=C\COC1CC(CN2CCCCC2)CCN1. The van der Waals surface area contributed by atoms with E-state index in [0.29, 0.717) is 6.61 Å². The van der Waals surface area contributed by atoms with Crippen molar-refractivity contribution in [2.45, 2.75) is 76.9 Å². The van der Waals surface area contributed by atoms with Crippen molar-refractivity contribution in [3.05, 3.63) is 12.2 Å². The average molecular weight is 353 g/mol. The number of nitrogens with one attached hydrogen (secondary N) is 1. The van der Waals surface area contributed by atoms with Gasteiger partial charge in [-0.15, -0.1) is 0 Å². The standard InChI is InChI=1S/C15H28N2O2.C6H12/c18-10-4-5-11-19-15-12-14(6-7-16-15)13-17-8-2-1-3-9-17;1-2-4-6-5-3-1/h4-5,14-16,18H,1-3,6-13H2;1-6H2/b5-4-;. The molecule has 4 nitrogen and oxygen atoms in total. The van der Waals surface area contributed by atoms with Crippen LogP contribution in [-0.2, 0) is 4.74 Å². The van der Waals surface area contributed by atoms with Gasteiger partial charge in [0.15, 0.2) is 0 Å². The van der Waals surface area contributed by atoms with E-state index < -0.39 is 0 Å². The third-order valence-electron chi connectivity index (χ3n) is 5.60. The Labute approximate surface area is 155 Å². The normalized spacial score (nSPS) is 28.5. The topological polar surface area (TPSA) is 44.7 Å². The highest BCUT2D eigenvalue weighted by molar-refractivity contribution is 4.82. The molecule has 2 saturated heterocycles. The lowest BCUT2D eigenvalue weighted by atomic mass is 9.95. The maximum Gasteiger partial charge on any atom is 0.108 e. The van der Waals surface area contributed by atoms with E-state index in [9.17, 15) is 0 Å². The van der Waals surface area contributed by atoms with E-state index in [-0.39, 0.29) is 12.8 Å². The molecular weight excluding hydrogens is 312 g/mol. The molecule has 2 heterocycles. The zero-order valence-corrected chi connectivity index (χ0v) is 16.1. The molecule has 2 unspecified atom stereocenters. The van der Waals surface area contributed by atoms with Crippen LogP contribution in [0.25, 0.3) is 0 Å². The van der Waals surface area contributed by atoms with Crippen LogP contribution in [0, 0.1) is 5.92 Å². The van der Waals surface area contributed by atoms with Gasteiger partial charge >= 0.3 is 0 Å². The first-order chi connectivity index (χ1) is 12.4. The number of piperidine rings is 2. The molecule has 0 aromatic rings. The lowest BCUT2D eigenvalue weighted by Crippen LogP contribution is -2.44. The summed E-state index contributed by atoms with van der Waals surface area (Å²) < 4.78 is 5.78. The second-order valence-electron chi connectivity index (χ2n) is 7.80. The first-order valence-electron chi connectivity index (χ1n) is 10.7. The van der Waals surface area contributed by atoms with Crippen LogP contribution in [0.5, 0.6) is 0 Å². The highest BCUT2D eigenvalue weighted by atomic mass is 16.5. The van der Waals surface area contributed by atoms with E-state index in [1.807, 2.05) is 6.08 Å². The van der Waals surface area contributed by atoms with Crippen LogP contribution in [0.2, 0.25) is 0 Å². The molecule has 0 spiro atoms. The van der Waals surface area contributed by atoms with E-state index in [2.05, 4.69) is 10.2 Å². The van der Waals surface area contributed by atoms with Gasteiger partial charge in [0.2, 0.25) is 0 Å². The minimum atomic E-state index is 0.0963. The third kappa shape index (κ3) is 9.74. The summed E-state index contributed by atoms with van der Waals surface area (Å²) in [6.07, 6.45) is 19.3. The molecular formula is C21H40N2O2. The highest BCUT2D eigenvalue weighted by Gasteiger charge is 2.24. The minimum Gasteiger partial charge on any atom is -0.392 e. The van der Waals surface area contributed by atoms with Gasteiger partial charge in [-0.1, -0.05) is 57.1 Å². The largest absolute Gasteiger partial charge is 0.392 e. The van der Waals surface area contributed by atoms with Gasteiger partial charge in [-0.2, -0.15) is 0 Å². The number of rotatable bonds is 6. The lowest BCUT2D eigenvalue weighted by Gasteiger charge is -2.35. The Balaban J connectivity index is 0.000000316. The van der Waals surface area contributed by atoms with E-state index in [4.69, 9.17) is 9.84 Å². The van der Waals surface area contributed by atoms with E-state index in [1.54, 1.807) is 6.08 Å². The molecule has 3 aliphatic rings. The van der Waals surface area contributed by atoms with Gasteiger partial charge in [0, 0.05) is 6.54 Å². The molecule has 0 bridgehead atoms. The number of aliphatic hydroxyl groups excluding tert-OH is 1.